The highest BCUT2D eigenvalue weighted by molar-refractivity contribution is 8.00. The highest BCUT2D eigenvalue weighted by Gasteiger charge is 2.54. The summed E-state index contributed by atoms with van der Waals surface area (Å²) in [6.45, 7) is 3.99. The minimum absolute atomic E-state index is 0. The number of fused-ring (bicyclic) bond motifs is 1. The molecular formula is C21H21ClN2O3S. The van der Waals surface area contributed by atoms with Gasteiger partial charge in [0.1, 0.15) is 11.4 Å². The van der Waals surface area contributed by atoms with E-state index in [9.17, 15) is 9.59 Å². The van der Waals surface area contributed by atoms with Crippen LogP contribution in [0, 0.1) is 0 Å². The number of carbonyl (C=O) groups is 2. The second-order valence-corrected chi connectivity index (χ2v) is 7.78. The number of benzene rings is 2. The third kappa shape index (κ3) is 3.55. The molecule has 1 amide bonds. The van der Waals surface area contributed by atoms with Gasteiger partial charge in [-0.1, -0.05) is 67.2 Å². The first-order valence-electron chi connectivity index (χ1n) is 8.75. The van der Waals surface area contributed by atoms with Gasteiger partial charge >= 0.3 is 5.97 Å². The van der Waals surface area contributed by atoms with Gasteiger partial charge in [-0.15, -0.1) is 24.2 Å². The van der Waals surface area contributed by atoms with Crippen molar-refractivity contribution in [2.45, 2.75) is 23.6 Å². The Kier molecular flexibility index (Phi) is 6.13. The molecule has 2 aliphatic rings. The zero-order chi connectivity index (χ0) is 19.0. The number of nitrogens with zero attached hydrogens (tertiary/aromatic N) is 1. The number of hydrogen-bond donors (Lipinski definition) is 1. The third-order valence-corrected chi connectivity index (χ3v) is 6.29. The first kappa shape index (κ1) is 20.5. The minimum atomic E-state index is -0.779. The van der Waals surface area contributed by atoms with Crippen LogP contribution in [0.5, 0.6) is 0 Å². The van der Waals surface area contributed by atoms with Crippen molar-refractivity contribution < 1.29 is 14.3 Å². The lowest BCUT2D eigenvalue weighted by atomic mass is 9.98. The molecule has 0 saturated carbocycles. The van der Waals surface area contributed by atoms with Crippen LogP contribution >= 0.6 is 24.2 Å². The Morgan fingerprint density at radius 3 is 2.18 bits per heavy atom. The molecule has 2 heterocycles. The van der Waals surface area contributed by atoms with E-state index in [2.05, 4.69) is 6.58 Å². The quantitative estimate of drug-likeness (QED) is 0.471. The molecule has 2 fully saturated rings. The van der Waals surface area contributed by atoms with Gasteiger partial charge in [-0.2, -0.15) is 0 Å². The van der Waals surface area contributed by atoms with Crippen LogP contribution in [0.1, 0.15) is 17.2 Å². The predicted octanol–water partition coefficient (Wildman–Crippen LogP) is 2.91. The SMILES string of the molecule is C=C1CS[C@@H]2C(N)C(=O)N2C1C(=O)OC(c1ccccc1)c1ccccc1.Cl. The number of amides is 1. The van der Waals surface area contributed by atoms with E-state index < -0.39 is 24.2 Å². The molecule has 0 aliphatic carbocycles. The van der Waals surface area contributed by atoms with Gasteiger partial charge in [-0.05, 0) is 16.7 Å². The van der Waals surface area contributed by atoms with E-state index in [1.807, 2.05) is 60.7 Å². The summed E-state index contributed by atoms with van der Waals surface area (Å²) in [6.07, 6.45) is -0.550. The number of carbonyl (C=O) groups excluding carboxylic acids is 2. The lowest BCUT2D eigenvalue weighted by molar-refractivity contribution is -0.164. The molecule has 2 saturated heterocycles. The minimum Gasteiger partial charge on any atom is -0.451 e. The van der Waals surface area contributed by atoms with Crippen molar-refractivity contribution in [1.29, 1.82) is 0 Å². The van der Waals surface area contributed by atoms with Crippen LogP contribution in [0.3, 0.4) is 0 Å². The average Bonchev–Trinajstić information content (AvgIpc) is 2.72. The molecule has 2 aliphatic heterocycles. The summed E-state index contributed by atoms with van der Waals surface area (Å²) in [5, 5.41) is -0.188. The van der Waals surface area contributed by atoms with Crippen LogP contribution in [0.4, 0.5) is 0 Å². The zero-order valence-electron chi connectivity index (χ0n) is 15.1. The van der Waals surface area contributed by atoms with Gasteiger partial charge in [0.15, 0.2) is 12.1 Å². The Labute approximate surface area is 174 Å². The molecule has 2 aromatic carbocycles. The molecule has 2 aromatic rings. The molecular weight excluding hydrogens is 396 g/mol. The van der Waals surface area contributed by atoms with Crippen LogP contribution in [-0.2, 0) is 14.3 Å². The van der Waals surface area contributed by atoms with Gasteiger partial charge in [0.05, 0.1) is 0 Å². The molecule has 28 heavy (non-hydrogen) atoms. The van der Waals surface area contributed by atoms with Crippen LogP contribution < -0.4 is 5.73 Å². The lowest BCUT2D eigenvalue weighted by Crippen LogP contribution is -2.73. The summed E-state index contributed by atoms with van der Waals surface area (Å²) < 4.78 is 5.92. The van der Waals surface area contributed by atoms with Crippen molar-refractivity contribution in [3.63, 3.8) is 0 Å². The molecule has 146 valence electrons. The van der Waals surface area contributed by atoms with Crippen molar-refractivity contribution in [3.8, 4) is 0 Å². The summed E-state index contributed by atoms with van der Waals surface area (Å²) >= 11 is 1.54. The van der Waals surface area contributed by atoms with E-state index in [1.54, 1.807) is 0 Å². The van der Waals surface area contributed by atoms with Gasteiger partial charge in [-0.25, -0.2) is 4.79 Å². The Morgan fingerprint density at radius 2 is 1.64 bits per heavy atom. The van der Waals surface area contributed by atoms with E-state index in [0.717, 1.165) is 11.1 Å². The fourth-order valence-electron chi connectivity index (χ4n) is 3.48. The van der Waals surface area contributed by atoms with Crippen LogP contribution in [0.15, 0.2) is 72.8 Å². The number of halogens is 1. The van der Waals surface area contributed by atoms with E-state index in [4.69, 9.17) is 10.5 Å². The number of ether oxygens (including phenoxy) is 1. The maximum absolute atomic E-state index is 13.1. The van der Waals surface area contributed by atoms with E-state index in [-0.39, 0.29) is 23.7 Å². The summed E-state index contributed by atoms with van der Waals surface area (Å²) in [5.41, 5.74) is 8.28. The predicted molar refractivity (Wildman–Crippen MR) is 112 cm³/mol. The molecule has 0 spiro atoms. The van der Waals surface area contributed by atoms with Crippen LogP contribution in [0.2, 0.25) is 0 Å². The molecule has 2 unspecified atom stereocenters. The highest BCUT2D eigenvalue weighted by Crippen LogP contribution is 2.40. The summed E-state index contributed by atoms with van der Waals surface area (Å²) in [5.74, 6) is -0.113. The van der Waals surface area contributed by atoms with Crippen molar-refractivity contribution in [2.75, 3.05) is 5.75 Å². The maximum atomic E-state index is 13.1. The van der Waals surface area contributed by atoms with E-state index in [0.29, 0.717) is 11.3 Å². The number of nitrogens with two attached hydrogens (primary N) is 1. The molecule has 7 heteroatoms. The second-order valence-electron chi connectivity index (χ2n) is 6.67. The number of thioether (sulfide) groups is 1. The smallest absolute Gasteiger partial charge is 0.334 e. The molecule has 0 bridgehead atoms. The van der Waals surface area contributed by atoms with E-state index >= 15 is 0 Å². The Bertz CT molecular complexity index is 838. The lowest BCUT2D eigenvalue weighted by Gasteiger charge is -2.51. The van der Waals surface area contributed by atoms with Gasteiger partial charge in [0, 0.05) is 5.75 Å². The number of esters is 1. The fraction of sp³-hybridized carbons (Fsp3) is 0.238. The van der Waals surface area contributed by atoms with Crippen LogP contribution in [-0.4, -0.2) is 40.0 Å². The van der Waals surface area contributed by atoms with Crippen molar-refractivity contribution in [2.24, 2.45) is 5.73 Å². The first-order valence-corrected chi connectivity index (χ1v) is 9.80. The highest BCUT2D eigenvalue weighted by atomic mass is 35.5. The van der Waals surface area contributed by atoms with Crippen molar-refractivity contribution >= 4 is 36.0 Å². The van der Waals surface area contributed by atoms with Crippen LogP contribution in [0.25, 0.3) is 0 Å². The van der Waals surface area contributed by atoms with Gasteiger partial charge in [0.2, 0.25) is 5.91 Å². The normalized spacial score (nSPS) is 23.5. The second kappa shape index (κ2) is 8.39. The van der Waals surface area contributed by atoms with Gasteiger partial charge in [-0.3, -0.25) is 4.79 Å². The molecule has 0 aromatic heterocycles. The van der Waals surface area contributed by atoms with Gasteiger partial charge in [0.25, 0.3) is 0 Å². The summed E-state index contributed by atoms with van der Waals surface area (Å²) in [6, 6.07) is 17.8. The third-order valence-electron chi connectivity index (χ3n) is 4.89. The monoisotopic (exact) mass is 416 g/mol. The average molecular weight is 417 g/mol. The van der Waals surface area contributed by atoms with Crippen molar-refractivity contribution in [3.05, 3.63) is 83.9 Å². The summed E-state index contributed by atoms with van der Waals surface area (Å²) in [7, 11) is 0. The topological polar surface area (TPSA) is 72.6 Å². The number of β-lactam (4-membered cyclic amide) rings is 1. The van der Waals surface area contributed by atoms with Crippen molar-refractivity contribution in [1.82, 2.24) is 4.90 Å². The number of hydrogen-bond acceptors (Lipinski definition) is 5. The molecule has 0 radical (unpaired) electrons. The molecule has 5 nitrogen and oxygen atoms in total. The zero-order valence-corrected chi connectivity index (χ0v) is 16.7. The Hall–Kier alpha value is -2.28. The first-order chi connectivity index (χ1) is 13.1. The van der Waals surface area contributed by atoms with Gasteiger partial charge < -0.3 is 15.4 Å². The molecule has 2 N–H and O–H groups in total. The molecule has 3 atom stereocenters. The maximum Gasteiger partial charge on any atom is 0.334 e. The van der Waals surface area contributed by atoms with E-state index in [1.165, 1.54) is 16.7 Å². The molecule has 4 rings (SSSR count). The Balaban J connectivity index is 0.00000225. The standard InChI is InChI=1S/C21H20N2O3S.ClH/c1-13-12-27-20-16(22)19(24)23(20)17(13)21(25)26-18(14-8-4-2-5-9-14)15-10-6-3-7-11-15;/h2-11,16-18,20H,1,12,22H2;1H/t16?,17?,20-;/m1./s1. The largest absolute Gasteiger partial charge is 0.451 e. The summed E-state index contributed by atoms with van der Waals surface area (Å²) in [4.78, 5) is 26.8. The fourth-order valence-corrected chi connectivity index (χ4v) is 4.73. The Morgan fingerprint density at radius 1 is 1.11 bits per heavy atom. The number of rotatable bonds is 4.